The second-order valence-corrected chi connectivity index (χ2v) is 3.28. The molecule has 2 aromatic carbocycles. The first-order valence-corrected chi connectivity index (χ1v) is 4.85. The van der Waals surface area contributed by atoms with Gasteiger partial charge in [0, 0.05) is 0 Å². The molecule has 0 aromatic heterocycles. The van der Waals surface area contributed by atoms with Gasteiger partial charge in [0.2, 0.25) is 11.6 Å². The summed E-state index contributed by atoms with van der Waals surface area (Å²) >= 11 is 0. The Bertz CT molecular complexity index is 576. The van der Waals surface area contributed by atoms with E-state index in [1.165, 1.54) is 6.07 Å². The first-order chi connectivity index (χ1) is 8.22. The highest BCUT2D eigenvalue weighted by Crippen LogP contribution is 2.33. The fraction of sp³-hybridized carbons (Fsp3) is 0. The average Bonchev–Trinajstić information content (AvgIpc) is 2.37. The van der Waals surface area contributed by atoms with Crippen molar-refractivity contribution in [3.05, 3.63) is 53.8 Å². The second-order valence-electron chi connectivity index (χ2n) is 3.28. The number of nitriles is 1. The van der Waals surface area contributed by atoms with Gasteiger partial charge in [-0.25, -0.2) is 0 Å². The SMILES string of the molecule is N#Cc1ccc([O])c(F)c1Oc1ccccc1. The van der Waals surface area contributed by atoms with Gasteiger partial charge in [-0.1, -0.05) is 18.2 Å². The minimum absolute atomic E-state index is 0.00838. The third-order valence-electron chi connectivity index (χ3n) is 2.15. The van der Waals surface area contributed by atoms with Crippen LogP contribution >= 0.6 is 0 Å². The van der Waals surface area contributed by atoms with Crippen LogP contribution in [0.2, 0.25) is 0 Å². The third kappa shape index (κ3) is 2.18. The van der Waals surface area contributed by atoms with Gasteiger partial charge >= 0.3 is 0 Å². The summed E-state index contributed by atoms with van der Waals surface area (Å²) in [6, 6.07) is 12.4. The van der Waals surface area contributed by atoms with Crippen molar-refractivity contribution in [1.29, 1.82) is 5.26 Å². The molecule has 0 amide bonds. The van der Waals surface area contributed by atoms with Crippen LogP contribution in [0.25, 0.3) is 0 Å². The second kappa shape index (κ2) is 4.54. The van der Waals surface area contributed by atoms with E-state index in [4.69, 9.17) is 10.00 Å². The Hall–Kier alpha value is -2.54. The molecule has 1 radical (unpaired) electrons. The number of hydrogen-bond donors (Lipinski definition) is 0. The molecule has 0 heterocycles. The molecule has 0 saturated heterocycles. The highest BCUT2D eigenvalue weighted by atomic mass is 19.1. The summed E-state index contributed by atoms with van der Waals surface area (Å²) < 4.78 is 18.8. The fourth-order valence-corrected chi connectivity index (χ4v) is 1.33. The van der Waals surface area contributed by atoms with Gasteiger partial charge in [0.1, 0.15) is 11.8 Å². The zero-order valence-electron chi connectivity index (χ0n) is 8.68. The van der Waals surface area contributed by atoms with E-state index in [9.17, 15) is 9.50 Å². The molecule has 0 aliphatic carbocycles. The molecule has 0 bridgehead atoms. The van der Waals surface area contributed by atoms with Gasteiger partial charge in [0.05, 0.1) is 5.56 Å². The number of para-hydroxylation sites is 1. The topological polar surface area (TPSA) is 52.9 Å². The molecule has 0 spiro atoms. The maximum Gasteiger partial charge on any atom is 0.218 e. The quantitative estimate of drug-likeness (QED) is 0.787. The number of nitrogens with zero attached hydrogens (tertiary/aromatic N) is 1. The molecule has 0 aliphatic heterocycles. The lowest BCUT2D eigenvalue weighted by Gasteiger charge is -2.08. The van der Waals surface area contributed by atoms with E-state index in [1.54, 1.807) is 36.4 Å². The summed E-state index contributed by atoms with van der Waals surface area (Å²) in [7, 11) is 0. The molecule has 0 fully saturated rings. The lowest BCUT2D eigenvalue weighted by molar-refractivity contribution is 0.320. The predicted molar refractivity (Wildman–Crippen MR) is 57.8 cm³/mol. The van der Waals surface area contributed by atoms with Gasteiger partial charge < -0.3 is 4.74 Å². The van der Waals surface area contributed by atoms with Crippen molar-refractivity contribution in [2.75, 3.05) is 0 Å². The van der Waals surface area contributed by atoms with E-state index in [-0.39, 0.29) is 11.3 Å². The standard InChI is InChI=1S/C13H7FNO2/c14-12-11(16)7-6-9(8-15)13(12)17-10-4-2-1-3-5-10/h1-7H. The number of halogens is 1. The molecule has 0 saturated carbocycles. The molecular formula is C13H7FNO2. The predicted octanol–water partition coefficient (Wildman–Crippen LogP) is 3.63. The zero-order chi connectivity index (χ0) is 12.3. The highest BCUT2D eigenvalue weighted by molar-refractivity contribution is 5.50. The summed E-state index contributed by atoms with van der Waals surface area (Å²) in [5.41, 5.74) is -0.00838. The van der Waals surface area contributed by atoms with Crippen molar-refractivity contribution in [1.82, 2.24) is 0 Å². The Morgan fingerprint density at radius 3 is 2.47 bits per heavy atom. The van der Waals surface area contributed by atoms with Crippen LogP contribution < -0.4 is 4.74 Å². The molecule has 0 N–H and O–H groups in total. The minimum atomic E-state index is -1.05. The Balaban J connectivity index is 2.45. The van der Waals surface area contributed by atoms with Gasteiger partial charge in [-0.2, -0.15) is 9.65 Å². The van der Waals surface area contributed by atoms with Gasteiger partial charge in [-0.15, -0.1) is 0 Å². The van der Waals surface area contributed by atoms with Gasteiger partial charge in [-0.3, -0.25) is 5.11 Å². The summed E-state index contributed by atoms with van der Waals surface area (Å²) in [4.78, 5) is 0. The lowest BCUT2D eigenvalue weighted by Crippen LogP contribution is -1.92. The zero-order valence-corrected chi connectivity index (χ0v) is 8.68. The van der Waals surface area contributed by atoms with Crippen LogP contribution in [0.3, 0.4) is 0 Å². The van der Waals surface area contributed by atoms with Gasteiger partial charge in [-0.05, 0) is 24.3 Å². The molecule has 83 valence electrons. The fourth-order valence-electron chi connectivity index (χ4n) is 1.33. The Morgan fingerprint density at radius 2 is 1.82 bits per heavy atom. The Morgan fingerprint density at radius 1 is 1.12 bits per heavy atom. The molecule has 4 heteroatoms. The number of ether oxygens (including phenoxy) is 1. The van der Waals surface area contributed by atoms with E-state index >= 15 is 0 Å². The summed E-state index contributed by atoms with van der Waals surface area (Å²) in [6.07, 6.45) is 0. The smallest absolute Gasteiger partial charge is 0.218 e. The van der Waals surface area contributed by atoms with Crippen molar-refractivity contribution in [3.63, 3.8) is 0 Å². The normalized spacial score (nSPS) is 9.65. The summed E-state index contributed by atoms with van der Waals surface area (Å²) in [5, 5.41) is 19.9. The van der Waals surface area contributed by atoms with Gasteiger partial charge in [0.15, 0.2) is 5.75 Å². The molecule has 0 unspecified atom stereocenters. The lowest BCUT2D eigenvalue weighted by atomic mass is 10.2. The number of benzene rings is 2. The van der Waals surface area contributed by atoms with Crippen LogP contribution in [0.4, 0.5) is 4.39 Å². The summed E-state index contributed by atoms with van der Waals surface area (Å²) in [6.45, 7) is 0. The van der Waals surface area contributed by atoms with Crippen molar-refractivity contribution in [2.24, 2.45) is 0 Å². The molecule has 0 aliphatic rings. The van der Waals surface area contributed by atoms with Crippen LogP contribution in [0, 0.1) is 17.1 Å². The first-order valence-electron chi connectivity index (χ1n) is 4.85. The summed E-state index contributed by atoms with van der Waals surface area (Å²) in [5.74, 6) is -1.80. The van der Waals surface area contributed by atoms with Crippen LogP contribution in [-0.2, 0) is 5.11 Å². The molecule has 17 heavy (non-hydrogen) atoms. The molecule has 3 nitrogen and oxygen atoms in total. The number of hydrogen-bond acceptors (Lipinski definition) is 2. The van der Waals surface area contributed by atoms with Crippen LogP contribution in [0.5, 0.6) is 17.2 Å². The van der Waals surface area contributed by atoms with Crippen LogP contribution in [0.15, 0.2) is 42.5 Å². The third-order valence-corrected chi connectivity index (χ3v) is 2.15. The van der Waals surface area contributed by atoms with Crippen molar-refractivity contribution in [3.8, 4) is 23.3 Å². The Kier molecular flexibility index (Phi) is 2.93. The van der Waals surface area contributed by atoms with E-state index in [1.807, 2.05) is 0 Å². The largest absolute Gasteiger partial charge is 0.453 e. The van der Waals surface area contributed by atoms with E-state index in [2.05, 4.69) is 0 Å². The van der Waals surface area contributed by atoms with E-state index in [0.717, 1.165) is 6.07 Å². The van der Waals surface area contributed by atoms with Crippen LogP contribution in [-0.4, -0.2) is 0 Å². The van der Waals surface area contributed by atoms with E-state index < -0.39 is 11.6 Å². The molecule has 2 rings (SSSR count). The van der Waals surface area contributed by atoms with Crippen molar-refractivity contribution >= 4 is 0 Å². The maximum atomic E-state index is 13.5. The first kappa shape index (κ1) is 11.0. The van der Waals surface area contributed by atoms with Gasteiger partial charge in [0.25, 0.3) is 0 Å². The van der Waals surface area contributed by atoms with Crippen LogP contribution in [0.1, 0.15) is 5.56 Å². The maximum absolute atomic E-state index is 13.5. The van der Waals surface area contributed by atoms with Crippen molar-refractivity contribution in [2.45, 2.75) is 0 Å². The molecular weight excluding hydrogens is 221 g/mol. The average molecular weight is 228 g/mol. The monoisotopic (exact) mass is 228 g/mol. The van der Waals surface area contributed by atoms with E-state index in [0.29, 0.717) is 5.75 Å². The minimum Gasteiger partial charge on any atom is -0.453 e. The highest BCUT2D eigenvalue weighted by Gasteiger charge is 2.16. The Labute approximate surface area is 97.3 Å². The molecule has 0 atom stereocenters. The number of rotatable bonds is 2. The van der Waals surface area contributed by atoms with Crippen molar-refractivity contribution < 1.29 is 14.2 Å². The molecule has 2 aromatic rings.